The molecule has 0 bridgehead atoms. The molecule has 1 saturated carbocycles. The van der Waals surface area contributed by atoms with Gasteiger partial charge in [-0.2, -0.15) is 0 Å². The first-order chi connectivity index (χ1) is 12.1. The van der Waals surface area contributed by atoms with E-state index >= 15 is 0 Å². The lowest BCUT2D eigenvalue weighted by atomic mass is 10.1. The number of hydrogen-bond acceptors (Lipinski definition) is 4. The Morgan fingerprint density at radius 2 is 1.84 bits per heavy atom. The molecule has 0 aromatic heterocycles. The van der Waals surface area contributed by atoms with Gasteiger partial charge in [0.1, 0.15) is 24.2 Å². The van der Waals surface area contributed by atoms with Gasteiger partial charge in [0.2, 0.25) is 0 Å². The average Bonchev–Trinajstić information content (AvgIpc) is 3.45. The number of aliphatic hydroxyl groups excluding tert-OH is 1. The number of hydrogen-bond donors (Lipinski definition) is 1. The van der Waals surface area contributed by atoms with E-state index in [-0.39, 0.29) is 0 Å². The Balaban J connectivity index is 1.51. The maximum Gasteiger partial charge on any atom is 0.119 e. The van der Waals surface area contributed by atoms with Crippen molar-refractivity contribution < 1.29 is 14.6 Å². The third-order valence-electron chi connectivity index (χ3n) is 4.48. The summed E-state index contributed by atoms with van der Waals surface area (Å²) in [5.41, 5.74) is 2.58. The number of aryl methyl sites for hydroxylation is 1. The molecule has 134 valence electrons. The van der Waals surface area contributed by atoms with E-state index in [4.69, 9.17) is 9.47 Å². The zero-order valence-corrected chi connectivity index (χ0v) is 15.0. The van der Waals surface area contributed by atoms with Crippen molar-refractivity contribution in [3.05, 3.63) is 59.7 Å². The standard InChI is InChI=1S/C21H27NO3/c1-16-4-3-5-17(12-16)13-22(18-6-7-18)14-19(23)15-25-21-10-8-20(24-2)9-11-21/h3-5,8-12,18-19,23H,6-7,13-15H2,1-2H3/t19-/m1/s1. The molecule has 1 aliphatic rings. The van der Waals surface area contributed by atoms with Gasteiger partial charge in [-0.05, 0) is 49.6 Å². The lowest BCUT2D eigenvalue weighted by Gasteiger charge is -2.25. The van der Waals surface area contributed by atoms with E-state index in [1.807, 2.05) is 24.3 Å². The molecule has 4 nitrogen and oxygen atoms in total. The van der Waals surface area contributed by atoms with Crippen molar-refractivity contribution in [3.8, 4) is 11.5 Å². The maximum absolute atomic E-state index is 10.4. The van der Waals surface area contributed by atoms with Crippen molar-refractivity contribution in [2.75, 3.05) is 20.3 Å². The number of rotatable bonds is 9. The second kappa shape index (κ2) is 8.37. The molecule has 2 aromatic carbocycles. The van der Waals surface area contributed by atoms with E-state index in [9.17, 15) is 5.11 Å². The normalized spacial score (nSPS) is 15.2. The quantitative estimate of drug-likeness (QED) is 0.759. The predicted molar refractivity (Wildman–Crippen MR) is 99.1 cm³/mol. The van der Waals surface area contributed by atoms with Crippen molar-refractivity contribution in [1.82, 2.24) is 4.90 Å². The summed E-state index contributed by atoms with van der Waals surface area (Å²) in [6.45, 7) is 3.92. The van der Waals surface area contributed by atoms with Crippen LogP contribution in [0.25, 0.3) is 0 Å². The third-order valence-corrected chi connectivity index (χ3v) is 4.48. The molecule has 0 heterocycles. The van der Waals surface area contributed by atoms with Crippen molar-refractivity contribution in [2.24, 2.45) is 0 Å². The Kier molecular flexibility index (Phi) is 5.95. The molecule has 1 fully saturated rings. The molecule has 0 radical (unpaired) electrons. The van der Waals surface area contributed by atoms with Crippen LogP contribution in [0.4, 0.5) is 0 Å². The molecule has 3 rings (SSSR count). The lowest BCUT2D eigenvalue weighted by molar-refractivity contribution is 0.0626. The molecule has 2 aromatic rings. The lowest BCUT2D eigenvalue weighted by Crippen LogP contribution is -2.36. The minimum atomic E-state index is -0.507. The van der Waals surface area contributed by atoms with Crippen LogP contribution < -0.4 is 9.47 Å². The van der Waals surface area contributed by atoms with Crippen LogP contribution in [-0.4, -0.2) is 42.4 Å². The molecule has 4 heteroatoms. The van der Waals surface area contributed by atoms with E-state index in [1.165, 1.54) is 24.0 Å². The van der Waals surface area contributed by atoms with E-state index in [0.717, 1.165) is 18.0 Å². The zero-order valence-electron chi connectivity index (χ0n) is 15.0. The molecular formula is C21H27NO3. The van der Waals surface area contributed by atoms with E-state index in [2.05, 4.69) is 36.1 Å². The van der Waals surface area contributed by atoms with Crippen molar-refractivity contribution in [2.45, 2.75) is 38.5 Å². The van der Waals surface area contributed by atoms with Gasteiger partial charge in [0, 0.05) is 19.1 Å². The topological polar surface area (TPSA) is 41.9 Å². The molecule has 1 N–H and O–H groups in total. The second-order valence-electron chi connectivity index (χ2n) is 6.79. The summed E-state index contributed by atoms with van der Waals surface area (Å²) in [4.78, 5) is 2.37. The molecule has 0 amide bonds. The summed E-state index contributed by atoms with van der Waals surface area (Å²) in [5, 5.41) is 10.4. The predicted octanol–water partition coefficient (Wildman–Crippen LogP) is 3.41. The maximum atomic E-state index is 10.4. The van der Waals surface area contributed by atoms with Crippen LogP contribution in [0, 0.1) is 6.92 Å². The monoisotopic (exact) mass is 341 g/mol. The summed E-state index contributed by atoms with van der Waals surface area (Å²) in [7, 11) is 1.64. The summed E-state index contributed by atoms with van der Waals surface area (Å²) < 4.78 is 10.8. The SMILES string of the molecule is COc1ccc(OC[C@H](O)CN(Cc2cccc(C)c2)C2CC2)cc1. The Bertz CT molecular complexity index is 667. The molecule has 1 atom stereocenters. The van der Waals surface area contributed by atoms with Crippen LogP contribution in [-0.2, 0) is 6.54 Å². The summed E-state index contributed by atoms with van der Waals surface area (Å²) in [5.74, 6) is 1.54. The molecule has 0 unspecified atom stereocenters. The molecule has 0 aliphatic heterocycles. The van der Waals surface area contributed by atoms with Gasteiger partial charge in [-0.15, -0.1) is 0 Å². The Morgan fingerprint density at radius 1 is 1.12 bits per heavy atom. The van der Waals surface area contributed by atoms with Gasteiger partial charge < -0.3 is 14.6 Å². The highest BCUT2D eigenvalue weighted by atomic mass is 16.5. The molecule has 25 heavy (non-hydrogen) atoms. The summed E-state index contributed by atoms with van der Waals surface area (Å²) in [6.07, 6.45) is 1.93. The third kappa shape index (κ3) is 5.48. The van der Waals surface area contributed by atoms with Crippen molar-refractivity contribution in [1.29, 1.82) is 0 Å². The fourth-order valence-corrected chi connectivity index (χ4v) is 3.02. The van der Waals surface area contributed by atoms with Crippen LogP contribution in [0.5, 0.6) is 11.5 Å². The van der Waals surface area contributed by atoms with Gasteiger partial charge in [0.15, 0.2) is 0 Å². The molecule has 0 saturated heterocycles. The highest BCUT2D eigenvalue weighted by Gasteiger charge is 2.30. The van der Waals surface area contributed by atoms with Gasteiger partial charge in [-0.3, -0.25) is 4.90 Å². The fourth-order valence-electron chi connectivity index (χ4n) is 3.02. The van der Waals surface area contributed by atoms with Crippen LogP contribution in [0.15, 0.2) is 48.5 Å². The number of aliphatic hydroxyl groups is 1. The number of methoxy groups -OCH3 is 1. The smallest absolute Gasteiger partial charge is 0.119 e. The Labute approximate surface area is 150 Å². The van der Waals surface area contributed by atoms with E-state index in [1.54, 1.807) is 7.11 Å². The average molecular weight is 341 g/mol. The zero-order chi connectivity index (χ0) is 17.6. The number of ether oxygens (including phenoxy) is 2. The van der Waals surface area contributed by atoms with E-state index < -0.39 is 6.10 Å². The Hall–Kier alpha value is -2.04. The van der Waals surface area contributed by atoms with Gasteiger partial charge >= 0.3 is 0 Å². The second-order valence-corrected chi connectivity index (χ2v) is 6.79. The number of benzene rings is 2. The van der Waals surface area contributed by atoms with Crippen LogP contribution in [0.3, 0.4) is 0 Å². The first-order valence-electron chi connectivity index (χ1n) is 8.88. The minimum absolute atomic E-state index is 0.295. The summed E-state index contributed by atoms with van der Waals surface area (Å²) in [6, 6.07) is 16.6. The Morgan fingerprint density at radius 3 is 2.48 bits per heavy atom. The minimum Gasteiger partial charge on any atom is -0.497 e. The first kappa shape index (κ1) is 17.8. The molecule has 0 spiro atoms. The molecular weight excluding hydrogens is 314 g/mol. The van der Waals surface area contributed by atoms with Gasteiger partial charge in [-0.1, -0.05) is 29.8 Å². The first-order valence-corrected chi connectivity index (χ1v) is 8.88. The fraction of sp³-hybridized carbons (Fsp3) is 0.429. The summed E-state index contributed by atoms with van der Waals surface area (Å²) >= 11 is 0. The highest BCUT2D eigenvalue weighted by molar-refractivity contribution is 5.31. The largest absolute Gasteiger partial charge is 0.497 e. The van der Waals surface area contributed by atoms with Crippen LogP contribution >= 0.6 is 0 Å². The van der Waals surface area contributed by atoms with Gasteiger partial charge in [-0.25, -0.2) is 0 Å². The van der Waals surface area contributed by atoms with Crippen LogP contribution in [0.1, 0.15) is 24.0 Å². The van der Waals surface area contributed by atoms with Crippen LogP contribution in [0.2, 0.25) is 0 Å². The van der Waals surface area contributed by atoms with E-state index in [0.29, 0.717) is 19.2 Å². The van der Waals surface area contributed by atoms with Crippen molar-refractivity contribution in [3.63, 3.8) is 0 Å². The number of nitrogens with zero attached hydrogens (tertiary/aromatic N) is 1. The highest BCUT2D eigenvalue weighted by Crippen LogP contribution is 2.28. The molecule has 1 aliphatic carbocycles. The van der Waals surface area contributed by atoms with Crippen molar-refractivity contribution >= 4 is 0 Å². The van der Waals surface area contributed by atoms with Gasteiger partial charge in [0.05, 0.1) is 7.11 Å². The van der Waals surface area contributed by atoms with Gasteiger partial charge in [0.25, 0.3) is 0 Å².